The molecule has 0 aliphatic heterocycles. The Hall–Kier alpha value is -1.28. The number of hydrogen-bond acceptors (Lipinski definition) is 1. The third-order valence-corrected chi connectivity index (χ3v) is 4.98. The Morgan fingerprint density at radius 2 is 1.85 bits per heavy atom. The second kappa shape index (κ2) is 5.61. The lowest BCUT2D eigenvalue weighted by Crippen LogP contribution is -2.15. The average molecular weight is 290 g/mol. The smallest absolute Gasteiger partial charge is 0.228 e. The molecule has 0 saturated heterocycles. The summed E-state index contributed by atoms with van der Waals surface area (Å²) < 4.78 is 0. The van der Waals surface area contributed by atoms with Crippen molar-refractivity contribution in [3.8, 4) is 0 Å². The maximum absolute atomic E-state index is 12.4. The number of fused-ring (bicyclic) bond motifs is 1. The van der Waals surface area contributed by atoms with E-state index in [9.17, 15) is 4.79 Å². The zero-order chi connectivity index (χ0) is 14.1. The van der Waals surface area contributed by atoms with E-state index in [0.29, 0.717) is 16.9 Å². The molecule has 3 heteroatoms. The number of amides is 1. The third-order valence-electron chi connectivity index (χ3n) is 4.57. The Morgan fingerprint density at radius 3 is 2.45 bits per heavy atom. The van der Waals surface area contributed by atoms with Gasteiger partial charge < -0.3 is 5.32 Å². The van der Waals surface area contributed by atoms with Gasteiger partial charge in [0.2, 0.25) is 5.91 Å². The maximum Gasteiger partial charge on any atom is 0.228 e. The first-order valence-electron chi connectivity index (χ1n) is 7.39. The van der Waals surface area contributed by atoms with Gasteiger partial charge in [-0.2, -0.15) is 0 Å². The highest BCUT2D eigenvalue weighted by molar-refractivity contribution is 6.31. The highest BCUT2D eigenvalue weighted by Gasteiger charge is 2.53. The standard InChI is InChI=1S/C17H20ClNO/c1-11-8-9-12(10-15(11)18)19-17(20)16-13-6-4-2-3-5-7-14(13)16/h2-3,8-10,13-14,16H,4-7H2,1H3,(H,19,20)/t13-,14+,16?. The minimum absolute atomic E-state index is 0.168. The van der Waals surface area contributed by atoms with Gasteiger partial charge in [0.25, 0.3) is 0 Å². The van der Waals surface area contributed by atoms with Crippen LogP contribution in [0.3, 0.4) is 0 Å². The minimum atomic E-state index is 0.168. The lowest BCUT2D eigenvalue weighted by atomic mass is 10.1. The molecular formula is C17H20ClNO. The maximum atomic E-state index is 12.4. The molecule has 2 nitrogen and oxygen atoms in total. The van der Waals surface area contributed by atoms with Crippen molar-refractivity contribution in [2.45, 2.75) is 32.6 Å². The predicted octanol–water partition coefficient (Wildman–Crippen LogP) is 4.58. The quantitative estimate of drug-likeness (QED) is 0.793. The van der Waals surface area contributed by atoms with Crippen molar-refractivity contribution in [1.82, 2.24) is 0 Å². The van der Waals surface area contributed by atoms with Crippen molar-refractivity contribution in [1.29, 1.82) is 0 Å². The molecule has 106 valence electrons. The van der Waals surface area contributed by atoms with E-state index in [0.717, 1.165) is 36.9 Å². The fourth-order valence-corrected chi connectivity index (χ4v) is 3.51. The summed E-state index contributed by atoms with van der Waals surface area (Å²) in [6.45, 7) is 1.96. The summed E-state index contributed by atoms with van der Waals surface area (Å²) in [6, 6.07) is 5.70. The fraction of sp³-hybridized carbons (Fsp3) is 0.471. The summed E-state index contributed by atoms with van der Waals surface area (Å²) in [5.74, 6) is 1.54. The van der Waals surface area contributed by atoms with Gasteiger partial charge in [0.05, 0.1) is 0 Å². The molecule has 3 atom stereocenters. The highest BCUT2D eigenvalue weighted by Crippen LogP contribution is 2.53. The lowest BCUT2D eigenvalue weighted by Gasteiger charge is -2.06. The zero-order valence-corrected chi connectivity index (χ0v) is 12.5. The van der Waals surface area contributed by atoms with E-state index in [1.807, 2.05) is 25.1 Å². The van der Waals surface area contributed by atoms with Gasteiger partial charge in [0.15, 0.2) is 0 Å². The van der Waals surface area contributed by atoms with Crippen LogP contribution in [0.25, 0.3) is 0 Å². The Kier molecular flexibility index (Phi) is 3.84. The Bertz CT molecular complexity index is 536. The molecule has 1 N–H and O–H groups in total. The molecule has 1 unspecified atom stereocenters. The lowest BCUT2D eigenvalue weighted by molar-refractivity contribution is -0.117. The largest absolute Gasteiger partial charge is 0.326 e. The van der Waals surface area contributed by atoms with Crippen LogP contribution in [0.15, 0.2) is 30.4 Å². The molecule has 1 aromatic carbocycles. The van der Waals surface area contributed by atoms with Crippen LogP contribution < -0.4 is 5.32 Å². The van der Waals surface area contributed by atoms with E-state index in [4.69, 9.17) is 11.6 Å². The molecule has 0 aromatic heterocycles. The summed E-state index contributed by atoms with van der Waals surface area (Å²) in [7, 11) is 0. The number of nitrogens with one attached hydrogen (secondary N) is 1. The van der Waals surface area contributed by atoms with Crippen LogP contribution in [0.2, 0.25) is 5.02 Å². The van der Waals surface area contributed by atoms with Crippen molar-refractivity contribution in [2.75, 3.05) is 5.32 Å². The topological polar surface area (TPSA) is 29.1 Å². The van der Waals surface area contributed by atoms with Crippen LogP contribution in [0.4, 0.5) is 5.69 Å². The van der Waals surface area contributed by atoms with Crippen LogP contribution >= 0.6 is 11.6 Å². The first-order chi connectivity index (χ1) is 9.66. The number of benzene rings is 1. The average Bonchev–Trinajstić information content (AvgIpc) is 3.05. The molecule has 1 saturated carbocycles. The summed E-state index contributed by atoms with van der Waals surface area (Å²) >= 11 is 6.10. The number of allylic oxidation sites excluding steroid dienone is 2. The molecule has 0 bridgehead atoms. The summed E-state index contributed by atoms with van der Waals surface area (Å²) in [4.78, 5) is 12.4. The number of anilines is 1. The van der Waals surface area contributed by atoms with Gasteiger partial charge >= 0.3 is 0 Å². The number of carbonyl (C=O) groups is 1. The number of carbonyl (C=O) groups excluding carboxylic acids is 1. The number of aryl methyl sites for hydroxylation is 1. The molecule has 1 aromatic rings. The fourth-order valence-electron chi connectivity index (χ4n) is 3.33. The molecule has 1 fully saturated rings. The molecule has 0 spiro atoms. The molecule has 2 aliphatic rings. The van der Waals surface area contributed by atoms with Crippen molar-refractivity contribution in [3.63, 3.8) is 0 Å². The van der Waals surface area contributed by atoms with Crippen LogP contribution in [0.1, 0.15) is 31.2 Å². The van der Waals surface area contributed by atoms with Crippen molar-refractivity contribution in [2.24, 2.45) is 17.8 Å². The Balaban J connectivity index is 1.64. The third kappa shape index (κ3) is 2.76. The second-order valence-electron chi connectivity index (χ2n) is 5.93. The van der Waals surface area contributed by atoms with Gasteiger partial charge in [-0.25, -0.2) is 0 Å². The van der Waals surface area contributed by atoms with E-state index in [1.165, 1.54) is 0 Å². The van der Waals surface area contributed by atoms with E-state index >= 15 is 0 Å². The summed E-state index contributed by atoms with van der Waals surface area (Å²) in [6.07, 6.45) is 9.02. The number of rotatable bonds is 2. The zero-order valence-electron chi connectivity index (χ0n) is 11.7. The Labute approximate surface area is 125 Å². The van der Waals surface area contributed by atoms with Crippen molar-refractivity contribution < 1.29 is 4.79 Å². The summed E-state index contributed by atoms with van der Waals surface area (Å²) in [5, 5.41) is 3.73. The predicted molar refractivity (Wildman–Crippen MR) is 82.9 cm³/mol. The van der Waals surface area contributed by atoms with Crippen LogP contribution in [-0.2, 0) is 4.79 Å². The normalized spacial score (nSPS) is 28.2. The van der Waals surface area contributed by atoms with E-state index in [-0.39, 0.29) is 11.8 Å². The Morgan fingerprint density at radius 1 is 1.20 bits per heavy atom. The molecular weight excluding hydrogens is 270 g/mol. The summed E-state index contributed by atoms with van der Waals surface area (Å²) in [5.41, 5.74) is 1.84. The van der Waals surface area contributed by atoms with Crippen molar-refractivity contribution >= 4 is 23.2 Å². The molecule has 0 radical (unpaired) electrons. The van der Waals surface area contributed by atoms with Gasteiger partial charge in [0.1, 0.15) is 0 Å². The van der Waals surface area contributed by atoms with Crippen LogP contribution in [-0.4, -0.2) is 5.91 Å². The highest BCUT2D eigenvalue weighted by atomic mass is 35.5. The van der Waals surface area contributed by atoms with Crippen LogP contribution in [0.5, 0.6) is 0 Å². The molecule has 0 heterocycles. The molecule has 2 aliphatic carbocycles. The van der Waals surface area contributed by atoms with E-state index in [1.54, 1.807) is 0 Å². The molecule has 1 amide bonds. The van der Waals surface area contributed by atoms with Gasteiger partial charge in [-0.05, 0) is 62.1 Å². The van der Waals surface area contributed by atoms with Crippen LogP contribution in [0, 0.1) is 24.7 Å². The monoisotopic (exact) mass is 289 g/mol. The van der Waals surface area contributed by atoms with Gasteiger partial charge in [-0.3, -0.25) is 4.79 Å². The number of hydrogen-bond donors (Lipinski definition) is 1. The van der Waals surface area contributed by atoms with Gasteiger partial charge in [-0.1, -0.05) is 29.8 Å². The second-order valence-corrected chi connectivity index (χ2v) is 6.34. The van der Waals surface area contributed by atoms with Gasteiger partial charge in [0, 0.05) is 16.6 Å². The van der Waals surface area contributed by atoms with Crippen molar-refractivity contribution in [3.05, 3.63) is 40.9 Å². The van der Waals surface area contributed by atoms with E-state index in [2.05, 4.69) is 17.5 Å². The molecule has 3 rings (SSSR count). The first kappa shape index (κ1) is 13.7. The SMILES string of the molecule is Cc1ccc(NC(=O)C2[C@H]3CCC=CCC[C@@H]23)cc1Cl. The molecule has 20 heavy (non-hydrogen) atoms. The van der Waals surface area contributed by atoms with Gasteiger partial charge in [-0.15, -0.1) is 0 Å². The number of halogens is 1. The first-order valence-corrected chi connectivity index (χ1v) is 7.76. The van der Waals surface area contributed by atoms with E-state index < -0.39 is 0 Å². The minimum Gasteiger partial charge on any atom is -0.326 e.